The molecule has 202 valence electrons. The number of fused-ring (bicyclic) bond motifs is 1. The number of anilines is 1. The first-order valence-electron chi connectivity index (χ1n) is 12.1. The Hall–Kier alpha value is -3.34. The number of carbonyl (C=O) groups excluding carboxylic acids is 1. The van der Waals surface area contributed by atoms with Crippen LogP contribution in [-0.4, -0.2) is 72.3 Å². The molecule has 1 aliphatic heterocycles. The highest BCUT2D eigenvalue weighted by atomic mass is 35.5. The van der Waals surface area contributed by atoms with Crippen LogP contribution in [0, 0.1) is 0 Å². The predicted molar refractivity (Wildman–Crippen MR) is 150 cm³/mol. The summed E-state index contributed by atoms with van der Waals surface area (Å²) in [5.41, 5.74) is 0.815. The standard InChI is InChI=1S/C26H30Cl2N6O4/c1-5-20(35)31-16-7-10-33(14-16)8-6-9-34-24-15(13-30-26(29-2)32-24)11-17(25(34)36)21-22(27)18(37-3)12-19(38-4)23(21)28/h5,11-13,16H,1,6-10,14H2,2-4H3,(H,31,35)(H,29,30,32)/t16-/m1/s1. The molecule has 1 atom stereocenters. The maximum absolute atomic E-state index is 13.9. The number of nitrogens with one attached hydrogen (secondary N) is 2. The summed E-state index contributed by atoms with van der Waals surface area (Å²) < 4.78 is 12.4. The summed E-state index contributed by atoms with van der Waals surface area (Å²) in [5, 5.41) is 6.94. The van der Waals surface area contributed by atoms with Crippen LogP contribution in [0.25, 0.3) is 22.2 Å². The monoisotopic (exact) mass is 560 g/mol. The van der Waals surface area contributed by atoms with Crippen molar-refractivity contribution in [3.05, 3.63) is 51.4 Å². The Bertz CT molecular complexity index is 1400. The first kappa shape index (κ1) is 27.7. The van der Waals surface area contributed by atoms with Crippen molar-refractivity contribution in [2.75, 3.05) is 46.2 Å². The lowest BCUT2D eigenvalue weighted by Gasteiger charge is -2.19. The zero-order chi connectivity index (χ0) is 27.4. The summed E-state index contributed by atoms with van der Waals surface area (Å²) in [7, 11) is 4.68. The fraction of sp³-hybridized carbons (Fsp3) is 0.385. The minimum Gasteiger partial charge on any atom is -0.495 e. The summed E-state index contributed by atoms with van der Waals surface area (Å²) in [6.45, 7) is 6.26. The van der Waals surface area contributed by atoms with E-state index in [1.54, 1.807) is 29.9 Å². The van der Waals surface area contributed by atoms with E-state index in [4.69, 9.17) is 32.7 Å². The first-order chi connectivity index (χ1) is 18.3. The average molecular weight is 561 g/mol. The molecule has 0 bridgehead atoms. The van der Waals surface area contributed by atoms with Gasteiger partial charge in [0.05, 0.1) is 29.8 Å². The Morgan fingerprint density at radius 1 is 1.21 bits per heavy atom. The highest BCUT2D eigenvalue weighted by Gasteiger charge is 2.25. The molecule has 0 radical (unpaired) electrons. The van der Waals surface area contributed by atoms with Crippen molar-refractivity contribution < 1.29 is 14.3 Å². The van der Waals surface area contributed by atoms with Crippen molar-refractivity contribution in [3.8, 4) is 22.6 Å². The van der Waals surface area contributed by atoms with Crippen LogP contribution in [0.15, 0.2) is 35.8 Å². The third-order valence-corrected chi connectivity index (χ3v) is 7.30. The Balaban J connectivity index is 1.71. The molecule has 1 aliphatic rings. The molecule has 10 nitrogen and oxygen atoms in total. The Morgan fingerprint density at radius 2 is 1.92 bits per heavy atom. The Morgan fingerprint density at radius 3 is 2.55 bits per heavy atom. The summed E-state index contributed by atoms with van der Waals surface area (Å²) in [6, 6.07) is 3.36. The van der Waals surface area contributed by atoms with E-state index in [2.05, 4.69) is 32.1 Å². The number of likely N-dealkylation sites (tertiary alicyclic amines) is 1. The van der Waals surface area contributed by atoms with Crippen molar-refractivity contribution in [1.29, 1.82) is 0 Å². The van der Waals surface area contributed by atoms with Gasteiger partial charge in [-0.3, -0.25) is 14.2 Å². The van der Waals surface area contributed by atoms with E-state index in [9.17, 15) is 9.59 Å². The molecule has 38 heavy (non-hydrogen) atoms. The summed E-state index contributed by atoms with van der Waals surface area (Å²) in [4.78, 5) is 36.7. The van der Waals surface area contributed by atoms with Gasteiger partial charge in [-0.25, -0.2) is 4.98 Å². The maximum atomic E-state index is 13.9. The lowest BCUT2D eigenvalue weighted by molar-refractivity contribution is -0.117. The number of nitrogens with zero attached hydrogens (tertiary/aromatic N) is 4. The molecule has 1 saturated heterocycles. The van der Waals surface area contributed by atoms with Crippen LogP contribution in [-0.2, 0) is 11.3 Å². The molecule has 1 aromatic carbocycles. The number of aryl methyl sites for hydroxylation is 1. The van der Waals surface area contributed by atoms with Crippen LogP contribution >= 0.6 is 23.2 Å². The number of hydrogen-bond acceptors (Lipinski definition) is 8. The van der Waals surface area contributed by atoms with E-state index in [0.29, 0.717) is 52.6 Å². The zero-order valence-electron chi connectivity index (χ0n) is 21.5. The van der Waals surface area contributed by atoms with Gasteiger partial charge in [0.25, 0.3) is 5.56 Å². The quantitative estimate of drug-likeness (QED) is 0.362. The fourth-order valence-corrected chi connectivity index (χ4v) is 5.36. The minimum atomic E-state index is -0.296. The summed E-state index contributed by atoms with van der Waals surface area (Å²) in [6.07, 6.45) is 4.48. The van der Waals surface area contributed by atoms with Crippen LogP contribution < -0.4 is 25.7 Å². The second-order valence-electron chi connectivity index (χ2n) is 8.87. The highest BCUT2D eigenvalue weighted by molar-refractivity contribution is 6.41. The molecule has 0 aliphatic carbocycles. The number of methoxy groups -OCH3 is 2. The van der Waals surface area contributed by atoms with Gasteiger partial charge >= 0.3 is 0 Å². The Kier molecular flexibility index (Phi) is 8.76. The normalized spacial score (nSPS) is 15.4. The van der Waals surface area contributed by atoms with Crippen LogP contribution in [0.5, 0.6) is 11.5 Å². The third kappa shape index (κ3) is 5.57. The number of halogens is 2. The molecule has 2 N–H and O–H groups in total. The van der Waals surface area contributed by atoms with Gasteiger partial charge in [0, 0.05) is 55.9 Å². The fourth-order valence-electron chi connectivity index (χ4n) is 4.65. The van der Waals surface area contributed by atoms with Gasteiger partial charge < -0.3 is 25.0 Å². The van der Waals surface area contributed by atoms with Crippen LogP contribution in [0.1, 0.15) is 12.8 Å². The minimum absolute atomic E-state index is 0.0885. The molecule has 3 aromatic rings. The molecule has 4 rings (SSSR count). The molecule has 1 amide bonds. The van der Waals surface area contributed by atoms with Gasteiger partial charge in [-0.05, 0) is 31.5 Å². The number of rotatable bonds is 10. The Labute approximate surface area is 230 Å². The van der Waals surface area contributed by atoms with E-state index < -0.39 is 0 Å². The van der Waals surface area contributed by atoms with Crippen LogP contribution in [0.2, 0.25) is 10.0 Å². The molecule has 2 aromatic heterocycles. The second-order valence-corrected chi connectivity index (χ2v) is 9.63. The SMILES string of the molecule is C=CC(=O)N[C@@H]1CCN(CCCn2c(=O)c(-c3c(Cl)c(OC)cc(OC)c3Cl)cc3cnc(NC)nc32)C1. The van der Waals surface area contributed by atoms with Crippen molar-refractivity contribution in [2.24, 2.45) is 0 Å². The molecular formula is C26H30Cl2N6O4. The third-order valence-electron chi connectivity index (χ3n) is 6.55. The van der Waals surface area contributed by atoms with Gasteiger partial charge in [-0.1, -0.05) is 29.8 Å². The number of aromatic nitrogens is 3. The molecule has 0 unspecified atom stereocenters. The summed E-state index contributed by atoms with van der Waals surface area (Å²) in [5.74, 6) is 0.904. The highest BCUT2D eigenvalue weighted by Crippen LogP contribution is 2.45. The molecule has 3 heterocycles. The van der Waals surface area contributed by atoms with E-state index >= 15 is 0 Å². The predicted octanol–water partition coefficient (Wildman–Crippen LogP) is 3.59. The smallest absolute Gasteiger partial charge is 0.260 e. The van der Waals surface area contributed by atoms with E-state index in [1.807, 2.05) is 0 Å². The average Bonchev–Trinajstić information content (AvgIpc) is 3.37. The van der Waals surface area contributed by atoms with Crippen LogP contribution in [0.3, 0.4) is 0 Å². The van der Waals surface area contributed by atoms with Crippen LogP contribution in [0.4, 0.5) is 5.95 Å². The molecule has 12 heteroatoms. The number of pyridine rings is 1. The molecule has 0 spiro atoms. The van der Waals surface area contributed by atoms with Gasteiger partial charge in [-0.2, -0.15) is 4.98 Å². The van der Waals surface area contributed by atoms with Gasteiger partial charge in [0.15, 0.2) is 0 Å². The second kappa shape index (κ2) is 12.0. The van der Waals surface area contributed by atoms with Gasteiger partial charge in [0.1, 0.15) is 17.1 Å². The maximum Gasteiger partial charge on any atom is 0.260 e. The topological polar surface area (TPSA) is 111 Å². The van der Waals surface area contributed by atoms with Gasteiger partial charge in [-0.15, -0.1) is 0 Å². The first-order valence-corrected chi connectivity index (χ1v) is 12.9. The van der Waals surface area contributed by atoms with Crippen molar-refractivity contribution in [2.45, 2.75) is 25.4 Å². The lowest BCUT2D eigenvalue weighted by atomic mass is 10.0. The number of ether oxygens (including phenoxy) is 2. The molecular weight excluding hydrogens is 531 g/mol. The summed E-state index contributed by atoms with van der Waals surface area (Å²) >= 11 is 13.3. The number of carbonyl (C=O) groups is 1. The number of benzene rings is 1. The number of hydrogen-bond donors (Lipinski definition) is 2. The largest absolute Gasteiger partial charge is 0.495 e. The molecule has 0 saturated carbocycles. The van der Waals surface area contributed by atoms with Crippen molar-refractivity contribution >= 4 is 46.1 Å². The van der Waals surface area contributed by atoms with Crippen molar-refractivity contribution in [1.82, 2.24) is 24.8 Å². The lowest BCUT2D eigenvalue weighted by Crippen LogP contribution is -2.36. The van der Waals surface area contributed by atoms with Gasteiger partial charge in [0.2, 0.25) is 11.9 Å². The zero-order valence-corrected chi connectivity index (χ0v) is 23.0. The van der Waals surface area contributed by atoms with E-state index in [1.165, 1.54) is 20.3 Å². The van der Waals surface area contributed by atoms with E-state index in [-0.39, 0.29) is 27.6 Å². The van der Waals surface area contributed by atoms with E-state index in [0.717, 1.165) is 26.1 Å². The van der Waals surface area contributed by atoms with Crippen molar-refractivity contribution in [3.63, 3.8) is 0 Å². The number of amides is 1. The molecule has 1 fully saturated rings.